The Morgan fingerprint density at radius 2 is 2.12 bits per heavy atom. The fourth-order valence-electron chi connectivity index (χ4n) is 2.09. The largest absolute Gasteiger partial charge is 0.294 e. The normalized spacial score (nSPS) is 17.8. The molecule has 0 N–H and O–H groups in total. The molecular formula is C14H19NO. The van der Waals surface area contributed by atoms with E-state index in [0.717, 1.165) is 18.4 Å². The number of hydrogen-bond acceptors (Lipinski definition) is 2. The van der Waals surface area contributed by atoms with Crippen LogP contribution in [0, 0.1) is 23.2 Å². The molecule has 2 nitrogen and oxygen atoms in total. The molecule has 0 aromatic heterocycles. The fraction of sp³-hybridized carbons (Fsp3) is 0.571. The highest BCUT2D eigenvalue weighted by Gasteiger charge is 2.22. The summed E-state index contributed by atoms with van der Waals surface area (Å²) >= 11 is 0. The molecule has 0 aromatic rings. The van der Waals surface area contributed by atoms with Gasteiger partial charge in [-0.25, -0.2) is 0 Å². The minimum Gasteiger partial charge on any atom is -0.294 e. The van der Waals surface area contributed by atoms with Crippen LogP contribution in [0.3, 0.4) is 0 Å². The number of nitrogens with zero attached hydrogens (tertiary/aromatic N) is 1. The van der Waals surface area contributed by atoms with E-state index in [4.69, 9.17) is 5.26 Å². The van der Waals surface area contributed by atoms with Gasteiger partial charge in [0.2, 0.25) is 0 Å². The van der Waals surface area contributed by atoms with Gasteiger partial charge in [-0.3, -0.25) is 4.79 Å². The standard InChI is InChI=1S/C14H19NO/c1-4-5-11(9-15)14-8-12(16)6-7-13(14)10(2)3/h7-8,10-11H,4-6H2,1-3H3. The second-order valence-corrected chi connectivity index (χ2v) is 4.55. The monoisotopic (exact) mass is 217 g/mol. The van der Waals surface area contributed by atoms with Crippen LogP contribution in [0.2, 0.25) is 0 Å². The van der Waals surface area contributed by atoms with Gasteiger partial charge in [0.25, 0.3) is 0 Å². The summed E-state index contributed by atoms with van der Waals surface area (Å²) in [5, 5.41) is 9.17. The van der Waals surface area contributed by atoms with Crippen molar-refractivity contribution >= 4 is 5.78 Å². The minimum atomic E-state index is -0.122. The summed E-state index contributed by atoms with van der Waals surface area (Å²) in [5.41, 5.74) is 2.13. The van der Waals surface area contributed by atoms with Crippen molar-refractivity contribution in [3.8, 4) is 6.07 Å². The summed E-state index contributed by atoms with van der Waals surface area (Å²) in [7, 11) is 0. The number of allylic oxidation sites excluding steroid dienone is 4. The first-order valence-corrected chi connectivity index (χ1v) is 5.94. The molecule has 16 heavy (non-hydrogen) atoms. The van der Waals surface area contributed by atoms with Crippen molar-refractivity contribution in [3.05, 3.63) is 23.3 Å². The Hall–Kier alpha value is -1.36. The maximum atomic E-state index is 11.4. The molecule has 1 unspecified atom stereocenters. The first-order chi connectivity index (χ1) is 7.60. The number of carbonyl (C=O) groups excluding carboxylic acids is 1. The lowest BCUT2D eigenvalue weighted by Gasteiger charge is -2.22. The van der Waals surface area contributed by atoms with E-state index >= 15 is 0 Å². The zero-order valence-corrected chi connectivity index (χ0v) is 10.3. The lowest BCUT2D eigenvalue weighted by molar-refractivity contribution is -0.114. The van der Waals surface area contributed by atoms with Gasteiger partial charge < -0.3 is 0 Å². The molecule has 0 amide bonds. The Bertz CT molecular complexity index is 369. The van der Waals surface area contributed by atoms with Gasteiger partial charge in [0.15, 0.2) is 5.78 Å². The molecular weight excluding hydrogens is 198 g/mol. The lowest BCUT2D eigenvalue weighted by Crippen LogP contribution is -2.14. The Morgan fingerprint density at radius 3 is 2.62 bits per heavy atom. The summed E-state index contributed by atoms with van der Waals surface area (Å²) in [6.07, 6.45) is 5.96. The number of rotatable bonds is 4. The van der Waals surface area contributed by atoms with E-state index in [-0.39, 0.29) is 11.7 Å². The molecule has 86 valence electrons. The molecule has 0 saturated carbocycles. The average Bonchev–Trinajstić information content (AvgIpc) is 2.25. The smallest absolute Gasteiger partial charge is 0.159 e. The number of hydrogen-bond donors (Lipinski definition) is 0. The molecule has 1 rings (SSSR count). The second kappa shape index (κ2) is 5.65. The van der Waals surface area contributed by atoms with E-state index in [1.807, 2.05) is 6.08 Å². The van der Waals surface area contributed by atoms with Crippen LogP contribution in [-0.2, 0) is 4.79 Å². The molecule has 0 heterocycles. The van der Waals surface area contributed by atoms with Gasteiger partial charge in [-0.1, -0.05) is 33.3 Å². The van der Waals surface area contributed by atoms with Gasteiger partial charge in [0.1, 0.15) is 0 Å². The summed E-state index contributed by atoms with van der Waals surface area (Å²) in [6, 6.07) is 2.32. The van der Waals surface area contributed by atoms with Gasteiger partial charge in [0, 0.05) is 6.42 Å². The van der Waals surface area contributed by atoms with Crippen molar-refractivity contribution in [2.45, 2.75) is 40.0 Å². The van der Waals surface area contributed by atoms with Crippen molar-refractivity contribution in [3.63, 3.8) is 0 Å². The Morgan fingerprint density at radius 1 is 1.44 bits per heavy atom. The zero-order valence-electron chi connectivity index (χ0n) is 10.3. The predicted octanol–water partition coefficient (Wildman–Crippen LogP) is 3.41. The first-order valence-electron chi connectivity index (χ1n) is 5.94. The molecule has 0 aliphatic heterocycles. The topological polar surface area (TPSA) is 40.9 Å². The third kappa shape index (κ3) is 2.82. The maximum absolute atomic E-state index is 11.4. The summed E-state index contributed by atoms with van der Waals surface area (Å²) < 4.78 is 0. The molecule has 2 heteroatoms. The van der Waals surface area contributed by atoms with Crippen LogP contribution in [-0.4, -0.2) is 5.78 Å². The maximum Gasteiger partial charge on any atom is 0.159 e. The first kappa shape index (κ1) is 12.7. The molecule has 0 bridgehead atoms. The van der Waals surface area contributed by atoms with E-state index < -0.39 is 0 Å². The number of nitriles is 1. The Balaban J connectivity index is 3.01. The van der Waals surface area contributed by atoms with Crippen LogP contribution < -0.4 is 0 Å². The van der Waals surface area contributed by atoms with Crippen molar-refractivity contribution < 1.29 is 4.79 Å². The summed E-state index contributed by atoms with van der Waals surface area (Å²) in [5.74, 6) is 0.380. The zero-order chi connectivity index (χ0) is 12.1. The third-order valence-electron chi connectivity index (χ3n) is 2.90. The lowest BCUT2D eigenvalue weighted by atomic mass is 9.81. The molecule has 0 fully saturated rings. The minimum absolute atomic E-state index is 0.121. The molecule has 1 aliphatic carbocycles. The van der Waals surface area contributed by atoms with Crippen molar-refractivity contribution in [2.75, 3.05) is 0 Å². The van der Waals surface area contributed by atoms with E-state index in [0.29, 0.717) is 12.3 Å². The highest BCUT2D eigenvalue weighted by Crippen LogP contribution is 2.31. The molecule has 0 radical (unpaired) electrons. The highest BCUT2D eigenvalue weighted by molar-refractivity contribution is 5.94. The Kier molecular flexibility index (Phi) is 4.49. The highest BCUT2D eigenvalue weighted by atomic mass is 16.1. The van der Waals surface area contributed by atoms with Crippen molar-refractivity contribution in [1.82, 2.24) is 0 Å². The van der Waals surface area contributed by atoms with Gasteiger partial charge >= 0.3 is 0 Å². The average molecular weight is 217 g/mol. The van der Waals surface area contributed by atoms with Crippen molar-refractivity contribution in [1.29, 1.82) is 5.26 Å². The molecule has 1 aliphatic rings. The second-order valence-electron chi connectivity index (χ2n) is 4.55. The fourth-order valence-corrected chi connectivity index (χ4v) is 2.09. The SMILES string of the molecule is CCCC(C#N)C1=CC(=O)CC=C1C(C)C. The van der Waals surface area contributed by atoms with Crippen LogP contribution in [0.5, 0.6) is 0 Å². The van der Waals surface area contributed by atoms with Gasteiger partial charge in [-0.05, 0) is 29.6 Å². The van der Waals surface area contributed by atoms with E-state index in [9.17, 15) is 4.79 Å². The third-order valence-corrected chi connectivity index (χ3v) is 2.90. The van der Waals surface area contributed by atoms with Gasteiger partial charge in [0.05, 0.1) is 12.0 Å². The van der Waals surface area contributed by atoms with Crippen LogP contribution in [0.25, 0.3) is 0 Å². The predicted molar refractivity (Wildman–Crippen MR) is 64.6 cm³/mol. The number of carbonyl (C=O) groups is 1. The van der Waals surface area contributed by atoms with Crippen LogP contribution in [0.15, 0.2) is 23.3 Å². The summed E-state index contributed by atoms with van der Waals surface area (Å²) in [6.45, 7) is 6.28. The Labute approximate surface area is 97.7 Å². The van der Waals surface area contributed by atoms with Crippen molar-refractivity contribution in [2.24, 2.45) is 11.8 Å². The number of ketones is 1. The molecule has 1 atom stereocenters. The van der Waals surface area contributed by atoms with E-state index in [1.54, 1.807) is 6.08 Å². The van der Waals surface area contributed by atoms with Gasteiger partial charge in [-0.15, -0.1) is 0 Å². The van der Waals surface area contributed by atoms with E-state index in [1.165, 1.54) is 5.57 Å². The van der Waals surface area contributed by atoms with E-state index in [2.05, 4.69) is 26.8 Å². The molecule has 0 saturated heterocycles. The van der Waals surface area contributed by atoms with Crippen LogP contribution in [0.1, 0.15) is 40.0 Å². The van der Waals surface area contributed by atoms with Gasteiger partial charge in [-0.2, -0.15) is 5.26 Å². The van der Waals surface area contributed by atoms with Crippen LogP contribution >= 0.6 is 0 Å². The molecule has 0 spiro atoms. The molecule has 0 aromatic carbocycles. The quantitative estimate of drug-likeness (QED) is 0.724. The van der Waals surface area contributed by atoms with Crippen LogP contribution in [0.4, 0.5) is 0 Å². The summed E-state index contributed by atoms with van der Waals surface area (Å²) in [4.78, 5) is 11.4.